The van der Waals surface area contributed by atoms with Gasteiger partial charge in [0.2, 0.25) is 5.96 Å². The highest BCUT2D eigenvalue weighted by Crippen LogP contribution is 1.62. The number of aliphatic imine (C=N–C) groups is 1. The van der Waals surface area contributed by atoms with Crippen LogP contribution < -0.4 is 10.0 Å². The van der Waals surface area contributed by atoms with Gasteiger partial charge in [0, 0.05) is 14.1 Å². The van der Waals surface area contributed by atoms with Crippen LogP contribution in [0.15, 0.2) is 4.99 Å². The SMILES string of the molecule is CN=C(NC)NS. The molecule has 0 unspecified atom stereocenters. The third-order valence-corrected chi connectivity index (χ3v) is 0.778. The van der Waals surface area contributed by atoms with E-state index in [-0.39, 0.29) is 0 Å². The fourth-order valence-electron chi connectivity index (χ4n) is 0.218. The lowest BCUT2D eigenvalue weighted by molar-refractivity contribution is 1.10. The number of nitrogens with zero attached hydrogens (tertiary/aromatic N) is 1. The quantitative estimate of drug-likeness (QED) is 0.231. The van der Waals surface area contributed by atoms with Crippen LogP contribution in [0.3, 0.4) is 0 Å². The molecule has 42 valence electrons. The second-order valence-electron chi connectivity index (χ2n) is 0.934. The number of hydrogen-bond donors (Lipinski definition) is 3. The highest BCUT2D eigenvalue weighted by molar-refractivity contribution is 7.78. The van der Waals surface area contributed by atoms with Crippen molar-refractivity contribution in [3.05, 3.63) is 0 Å². The predicted molar refractivity (Wildman–Crippen MR) is 34.5 cm³/mol. The summed E-state index contributed by atoms with van der Waals surface area (Å²) in [6, 6.07) is 0. The Hall–Kier alpha value is -0.380. The van der Waals surface area contributed by atoms with Crippen LogP contribution in [-0.4, -0.2) is 20.1 Å². The van der Waals surface area contributed by atoms with Crippen molar-refractivity contribution in [1.29, 1.82) is 0 Å². The summed E-state index contributed by atoms with van der Waals surface area (Å²) in [5.41, 5.74) is 0. The highest BCUT2D eigenvalue weighted by Gasteiger charge is 1.80. The summed E-state index contributed by atoms with van der Waals surface area (Å²) in [6.45, 7) is 0. The standard InChI is InChI=1S/C3H9N3S/c1-4-3(5-2)6-7/h7H,1-2H3,(H2,4,5,6). The monoisotopic (exact) mass is 119 g/mol. The second-order valence-corrected chi connectivity index (χ2v) is 1.16. The first kappa shape index (κ1) is 6.62. The van der Waals surface area contributed by atoms with E-state index in [9.17, 15) is 0 Å². The molecule has 0 saturated carbocycles. The second kappa shape index (κ2) is 3.80. The maximum absolute atomic E-state index is 3.74. The number of guanidine groups is 1. The molecule has 0 aromatic heterocycles. The molecule has 0 heterocycles. The van der Waals surface area contributed by atoms with Crippen LogP contribution in [0.5, 0.6) is 0 Å². The molecule has 3 nitrogen and oxygen atoms in total. The molecular weight excluding hydrogens is 110 g/mol. The molecular formula is C3H9N3S. The Labute approximate surface area is 48.8 Å². The number of hydrogen-bond acceptors (Lipinski definition) is 2. The Bertz CT molecular complexity index is 64.6. The molecule has 2 N–H and O–H groups in total. The van der Waals surface area contributed by atoms with Gasteiger partial charge in [-0.15, -0.1) is 0 Å². The van der Waals surface area contributed by atoms with Crippen molar-refractivity contribution in [2.45, 2.75) is 0 Å². The van der Waals surface area contributed by atoms with Gasteiger partial charge in [-0.1, -0.05) is 12.8 Å². The van der Waals surface area contributed by atoms with Crippen molar-refractivity contribution in [3.63, 3.8) is 0 Å². The first-order valence-corrected chi connectivity index (χ1v) is 2.34. The van der Waals surface area contributed by atoms with E-state index in [0.29, 0.717) is 5.96 Å². The van der Waals surface area contributed by atoms with Crippen LogP contribution in [-0.2, 0) is 0 Å². The molecule has 0 amide bonds. The summed E-state index contributed by atoms with van der Waals surface area (Å²) in [6.07, 6.45) is 0. The lowest BCUT2D eigenvalue weighted by Crippen LogP contribution is -2.27. The van der Waals surface area contributed by atoms with Crippen LogP contribution in [0.2, 0.25) is 0 Å². The van der Waals surface area contributed by atoms with Crippen LogP contribution in [0, 0.1) is 0 Å². The van der Waals surface area contributed by atoms with E-state index >= 15 is 0 Å². The first-order valence-electron chi connectivity index (χ1n) is 1.89. The molecule has 0 radical (unpaired) electrons. The largest absolute Gasteiger partial charge is 0.359 e. The minimum Gasteiger partial charge on any atom is -0.359 e. The van der Waals surface area contributed by atoms with Crippen LogP contribution >= 0.6 is 12.8 Å². The van der Waals surface area contributed by atoms with Gasteiger partial charge in [0.05, 0.1) is 0 Å². The summed E-state index contributed by atoms with van der Waals surface area (Å²) >= 11 is 3.73. The minimum atomic E-state index is 0.670. The van der Waals surface area contributed by atoms with Crippen molar-refractivity contribution in [3.8, 4) is 0 Å². The van der Waals surface area contributed by atoms with Crippen molar-refractivity contribution in [1.82, 2.24) is 10.0 Å². The van der Waals surface area contributed by atoms with Gasteiger partial charge in [0.1, 0.15) is 0 Å². The zero-order chi connectivity index (χ0) is 5.70. The fraction of sp³-hybridized carbons (Fsp3) is 0.667. The molecule has 0 aliphatic heterocycles. The molecule has 0 aromatic rings. The molecule has 0 aliphatic carbocycles. The lowest BCUT2D eigenvalue weighted by Gasteiger charge is -1.98. The average molecular weight is 119 g/mol. The number of rotatable bonds is 0. The van der Waals surface area contributed by atoms with E-state index in [1.54, 1.807) is 14.1 Å². The molecule has 4 heteroatoms. The van der Waals surface area contributed by atoms with Crippen molar-refractivity contribution >= 4 is 18.8 Å². The van der Waals surface area contributed by atoms with E-state index in [2.05, 4.69) is 27.8 Å². The third kappa shape index (κ3) is 2.33. The molecule has 0 fully saturated rings. The Kier molecular flexibility index (Phi) is 3.59. The van der Waals surface area contributed by atoms with Gasteiger partial charge >= 0.3 is 0 Å². The zero-order valence-corrected chi connectivity index (χ0v) is 5.29. The maximum atomic E-state index is 3.74. The topological polar surface area (TPSA) is 36.4 Å². The maximum Gasteiger partial charge on any atom is 0.200 e. The van der Waals surface area contributed by atoms with Gasteiger partial charge in [-0.2, -0.15) is 0 Å². The summed E-state index contributed by atoms with van der Waals surface area (Å²) in [5.74, 6) is 0.670. The molecule has 0 bridgehead atoms. The van der Waals surface area contributed by atoms with Crippen LogP contribution in [0.1, 0.15) is 0 Å². The summed E-state index contributed by atoms with van der Waals surface area (Å²) in [5, 5.41) is 2.76. The Balaban J connectivity index is 3.38. The highest BCUT2D eigenvalue weighted by atomic mass is 32.1. The van der Waals surface area contributed by atoms with E-state index < -0.39 is 0 Å². The van der Waals surface area contributed by atoms with E-state index in [0.717, 1.165) is 0 Å². The molecule has 0 aromatic carbocycles. The molecule has 0 aliphatic rings. The average Bonchev–Trinajstić information content (AvgIpc) is 1.72. The zero-order valence-electron chi connectivity index (χ0n) is 4.39. The molecule has 0 atom stereocenters. The molecule has 0 saturated heterocycles. The van der Waals surface area contributed by atoms with Crippen molar-refractivity contribution in [2.24, 2.45) is 4.99 Å². The van der Waals surface area contributed by atoms with Gasteiger partial charge < -0.3 is 10.0 Å². The van der Waals surface area contributed by atoms with Gasteiger partial charge in [-0.05, 0) is 0 Å². The first-order chi connectivity index (χ1) is 3.35. The molecule has 0 spiro atoms. The summed E-state index contributed by atoms with van der Waals surface area (Å²) in [4.78, 5) is 3.74. The molecule has 0 rings (SSSR count). The normalized spacial score (nSPS) is 11.0. The fourth-order valence-corrected chi connectivity index (χ4v) is 0.430. The third-order valence-electron chi connectivity index (χ3n) is 0.566. The van der Waals surface area contributed by atoms with Gasteiger partial charge in [0.25, 0.3) is 0 Å². The Morgan fingerprint density at radius 1 is 1.71 bits per heavy atom. The molecule has 7 heavy (non-hydrogen) atoms. The van der Waals surface area contributed by atoms with E-state index in [1.165, 1.54) is 0 Å². The Morgan fingerprint density at radius 2 is 2.29 bits per heavy atom. The van der Waals surface area contributed by atoms with Crippen molar-refractivity contribution < 1.29 is 0 Å². The van der Waals surface area contributed by atoms with Gasteiger partial charge in [-0.3, -0.25) is 4.99 Å². The smallest absolute Gasteiger partial charge is 0.200 e. The summed E-state index contributed by atoms with van der Waals surface area (Å²) in [7, 11) is 3.45. The Morgan fingerprint density at radius 3 is 2.29 bits per heavy atom. The predicted octanol–water partition coefficient (Wildman–Crippen LogP) is -0.374. The van der Waals surface area contributed by atoms with E-state index in [4.69, 9.17) is 0 Å². The van der Waals surface area contributed by atoms with Crippen LogP contribution in [0.4, 0.5) is 0 Å². The van der Waals surface area contributed by atoms with Gasteiger partial charge in [0.15, 0.2) is 0 Å². The number of nitrogens with one attached hydrogen (secondary N) is 2. The minimum absolute atomic E-state index is 0.670. The number of thiol groups is 1. The lowest BCUT2D eigenvalue weighted by atomic mass is 11.0. The van der Waals surface area contributed by atoms with Crippen molar-refractivity contribution in [2.75, 3.05) is 14.1 Å². The summed E-state index contributed by atoms with van der Waals surface area (Å²) < 4.78 is 2.53. The van der Waals surface area contributed by atoms with Gasteiger partial charge in [-0.25, -0.2) is 0 Å². The van der Waals surface area contributed by atoms with E-state index in [1.807, 2.05) is 0 Å². The van der Waals surface area contributed by atoms with Crippen LogP contribution in [0.25, 0.3) is 0 Å².